The fourth-order valence-electron chi connectivity index (χ4n) is 6.26. The molecule has 3 aliphatic rings. The zero-order valence-corrected chi connectivity index (χ0v) is 25.1. The molecule has 0 bridgehead atoms. The van der Waals surface area contributed by atoms with Crippen molar-refractivity contribution in [2.24, 2.45) is 11.8 Å². The number of aliphatic hydroxyl groups is 4. The van der Waals surface area contributed by atoms with Gasteiger partial charge in [0.2, 0.25) is 5.78 Å². The number of alkyl halides is 2. The Morgan fingerprint density at radius 2 is 1.71 bits per heavy atom. The minimum Gasteiger partial charge on any atom is -0.508 e. The van der Waals surface area contributed by atoms with Crippen molar-refractivity contribution < 1.29 is 39.9 Å². The Bertz CT molecular complexity index is 1310. The van der Waals surface area contributed by atoms with Crippen LogP contribution in [0.4, 0.5) is 0 Å². The second kappa shape index (κ2) is 12.1. The number of Topliss-reactive ketones (excluding diaryl/α,β-unsaturated/α-hetero) is 2. The number of rotatable bonds is 8. The molecule has 3 aliphatic carbocycles. The van der Waals surface area contributed by atoms with Gasteiger partial charge in [-0.2, -0.15) is 0 Å². The summed E-state index contributed by atoms with van der Waals surface area (Å²) >= 11 is 11.6. The van der Waals surface area contributed by atoms with Gasteiger partial charge in [0.25, 0.3) is 5.91 Å². The molecule has 226 valence electrons. The van der Waals surface area contributed by atoms with Gasteiger partial charge in [-0.1, -0.05) is 12.1 Å². The van der Waals surface area contributed by atoms with Gasteiger partial charge in [-0.3, -0.25) is 24.2 Å². The number of fused-ring (bicyclic) bond motifs is 3. The molecular formula is C27H34Cl3N3O8. The van der Waals surface area contributed by atoms with E-state index in [1.165, 1.54) is 44.1 Å². The highest BCUT2D eigenvalue weighted by Crippen LogP contribution is 2.57. The van der Waals surface area contributed by atoms with E-state index < -0.39 is 75.0 Å². The second-order valence-corrected chi connectivity index (χ2v) is 11.5. The standard InChI is InChI=1S/C27H33Cl2N3O8.ClH/c1-26(39)13-5-4-6-16(33)17(13)21(34)18-14(26)11-15-20(31(2)3)22(35)19(24(37)27(15,40)23(18)36)25(38)30-12-32(9-7-28)10-8-29;/h4-6,14-15,20,33-34,37,39-40H,7-12H2,1-3H3,(H,30,38);1H/t14-,15-,20-,26+,27-;/m0./s1. The molecule has 0 radical (unpaired) electrons. The van der Waals surface area contributed by atoms with Crippen LogP contribution in [0.3, 0.4) is 0 Å². The summed E-state index contributed by atoms with van der Waals surface area (Å²) in [5.74, 6) is -7.06. The number of halogens is 3. The third-order valence-corrected chi connectivity index (χ3v) is 8.60. The second-order valence-electron chi connectivity index (χ2n) is 10.8. The number of aliphatic hydroxyl groups excluding tert-OH is 2. The maximum Gasteiger partial charge on any atom is 0.259 e. The van der Waals surface area contributed by atoms with Crippen molar-refractivity contribution in [3.63, 3.8) is 0 Å². The van der Waals surface area contributed by atoms with E-state index in [0.29, 0.717) is 13.1 Å². The average Bonchev–Trinajstić information content (AvgIpc) is 2.88. The number of likely N-dealkylation sites (N-methyl/N-ethyl adjacent to an activating group) is 1. The van der Waals surface area contributed by atoms with Crippen molar-refractivity contribution >= 4 is 58.8 Å². The van der Waals surface area contributed by atoms with Gasteiger partial charge in [0.05, 0.1) is 23.9 Å². The number of phenols is 1. The van der Waals surface area contributed by atoms with Crippen LogP contribution in [0.25, 0.3) is 5.76 Å². The highest BCUT2D eigenvalue weighted by Gasteiger charge is 2.66. The number of hydrogen-bond donors (Lipinski definition) is 6. The molecule has 0 spiro atoms. The summed E-state index contributed by atoms with van der Waals surface area (Å²) in [4.78, 5) is 44.2. The summed E-state index contributed by atoms with van der Waals surface area (Å²) in [5, 5.41) is 59.0. The summed E-state index contributed by atoms with van der Waals surface area (Å²) in [6.45, 7) is 2.10. The molecule has 1 aromatic rings. The van der Waals surface area contributed by atoms with Gasteiger partial charge < -0.3 is 30.8 Å². The number of benzene rings is 1. The fraction of sp³-hybridized carbons (Fsp3) is 0.519. The third-order valence-electron chi connectivity index (χ3n) is 8.27. The van der Waals surface area contributed by atoms with E-state index in [4.69, 9.17) is 23.2 Å². The van der Waals surface area contributed by atoms with Crippen LogP contribution in [0.2, 0.25) is 0 Å². The number of aromatic hydroxyl groups is 1. The van der Waals surface area contributed by atoms with Crippen LogP contribution in [-0.4, -0.2) is 110 Å². The van der Waals surface area contributed by atoms with Crippen molar-refractivity contribution in [3.8, 4) is 5.75 Å². The normalized spacial score (nSPS) is 29.2. The first-order valence-electron chi connectivity index (χ1n) is 12.8. The van der Waals surface area contributed by atoms with Crippen molar-refractivity contribution in [2.45, 2.75) is 30.6 Å². The molecule has 11 nitrogen and oxygen atoms in total. The van der Waals surface area contributed by atoms with Crippen molar-refractivity contribution in [1.82, 2.24) is 15.1 Å². The maximum atomic E-state index is 14.1. The number of hydrogen-bond acceptors (Lipinski definition) is 10. The first-order chi connectivity index (χ1) is 18.7. The predicted octanol–water partition coefficient (Wildman–Crippen LogP) is 1.42. The van der Waals surface area contributed by atoms with Gasteiger partial charge in [-0.15, -0.1) is 35.6 Å². The maximum absolute atomic E-state index is 14.1. The summed E-state index contributed by atoms with van der Waals surface area (Å²) in [6.07, 6.45) is -0.212. The number of nitrogens with one attached hydrogen (secondary N) is 1. The Kier molecular flexibility index (Phi) is 9.76. The molecule has 14 heteroatoms. The van der Waals surface area contributed by atoms with Crippen LogP contribution < -0.4 is 5.32 Å². The summed E-state index contributed by atoms with van der Waals surface area (Å²) in [6, 6.07) is 3.02. The smallest absolute Gasteiger partial charge is 0.259 e. The zero-order chi connectivity index (χ0) is 29.7. The zero-order valence-electron chi connectivity index (χ0n) is 22.7. The van der Waals surface area contributed by atoms with Crippen molar-refractivity contribution in [3.05, 3.63) is 46.2 Å². The monoisotopic (exact) mass is 633 g/mol. The molecule has 0 unspecified atom stereocenters. The Morgan fingerprint density at radius 1 is 1.10 bits per heavy atom. The van der Waals surface area contributed by atoms with E-state index in [9.17, 15) is 39.9 Å². The van der Waals surface area contributed by atoms with Crippen LogP contribution >= 0.6 is 35.6 Å². The van der Waals surface area contributed by atoms with Crippen LogP contribution in [0.5, 0.6) is 5.75 Å². The van der Waals surface area contributed by atoms with Gasteiger partial charge in [-0.05, 0) is 39.1 Å². The van der Waals surface area contributed by atoms with E-state index in [1.807, 2.05) is 0 Å². The number of nitrogens with zero attached hydrogens (tertiary/aromatic N) is 2. The highest BCUT2D eigenvalue weighted by molar-refractivity contribution is 6.25. The lowest BCUT2D eigenvalue weighted by molar-refractivity contribution is -0.159. The number of carbonyl (C=O) groups excluding carboxylic acids is 3. The molecule has 1 saturated carbocycles. The van der Waals surface area contributed by atoms with E-state index in [-0.39, 0.29) is 48.4 Å². The molecule has 0 aromatic heterocycles. The summed E-state index contributed by atoms with van der Waals surface area (Å²) in [5.41, 5.74) is -5.78. The van der Waals surface area contributed by atoms with E-state index in [1.54, 1.807) is 4.90 Å². The van der Waals surface area contributed by atoms with Gasteiger partial charge >= 0.3 is 0 Å². The van der Waals surface area contributed by atoms with E-state index >= 15 is 0 Å². The molecule has 41 heavy (non-hydrogen) atoms. The van der Waals surface area contributed by atoms with Gasteiger partial charge in [-0.25, -0.2) is 0 Å². The number of ketones is 2. The van der Waals surface area contributed by atoms with E-state index in [2.05, 4.69) is 5.32 Å². The summed E-state index contributed by atoms with van der Waals surface area (Å²) in [7, 11) is 3.06. The molecule has 4 rings (SSSR count). The molecule has 5 atom stereocenters. The first-order valence-corrected chi connectivity index (χ1v) is 13.8. The van der Waals surface area contributed by atoms with Gasteiger partial charge in [0.15, 0.2) is 11.4 Å². The number of phenolic OH excluding ortho intramolecular Hbond substituents is 1. The Morgan fingerprint density at radius 3 is 2.27 bits per heavy atom. The lowest BCUT2D eigenvalue weighted by atomic mass is 9.54. The van der Waals surface area contributed by atoms with Crippen LogP contribution in [0.1, 0.15) is 24.5 Å². The number of carbonyl (C=O) groups is 3. The van der Waals surface area contributed by atoms with Crippen molar-refractivity contribution in [2.75, 3.05) is 45.6 Å². The largest absolute Gasteiger partial charge is 0.508 e. The summed E-state index contributed by atoms with van der Waals surface area (Å²) < 4.78 is 0. The lowest BCUT2D eigenvalue weighted by Gasteiger charge is -2.53. The minimum absolute atomic E-state index is 0. The van der Waals surface area contributed by atoms with Crippen LogP contribution in [0.15, 0.2) is 35.1 Å². The quantitative estimate of drug-likeness (QED) is 0.140. The minimum atomic E-state index is -2.78. The molecule has 1 amide bonds. The average molecular weight is 635 g/mol. The molecule has 0 heterocycles. The van der Waals surface area contributed by atoms with Crippen molar-refractivity contribution in [1.29, 1.82) is 0 Å². The molecule has 1 aromatic carbocycles. The van der Waals surface area contributed by atoms with Crippen LogP contribution in [-0.2, 0) is 20.0 Å². The topological polar surface area (TPSA) is 171 Å². The SMILES string of the molecule is CN(C)[C@@H]1C(=O)C(C(=O)NCN(CCCl)CCCl)=C(O)[C@@]2(O)C(=O)C3=C(O)c4c(O)cccc4[C@@](C)(O)[C@H]3C[C@@H]12.Cl. The first kappa shape index (κ1) is 33.1. The number of amides is 1. The van der Waals surface area contributed by atoms with Crippen LogP contribution in [0, 0.1) is 11.8 Å². The molecule has 6 N–H and O–H groups in total. The Labute approximate surface area is 253 Å². The molecule has 0 saturated heterocycles. The highest BCUT2D eigenvalue weighted by atomic mass is 35.5. The third kappa shape index (κ3) is 5.11. The fourth-order valence-corrected chi connectivity index (χ4v) is 6.74. The molecule has 1 fully saturated rings. The van der Waals surface area contributed by atoms with Gasteiger partial charge in [0, 0.05) is 42.3 Å². The molecular weight excluding hydrogens is 601 g/mol. The Balaban J connectivity index is 0.00000462. The van der Waals surface area contributed by atoms with Gasteiger partial charge in [0.1, 0.15) is 22.8 Å². The van der Waals surface area contributed by atoms with E-state index in [0.717, 1.165) is 0 Å². The lowest BCUT2D eigenvalue weighted by Crippen LogP contribution is -2.67. The molecule has 0 aliphatic heterocycles. The predicted molar refractivity (Wildman–Crippen MR) is 154 cm³/mol. The Hall–Kier alpha value is -2.38.